The molecule has 0 spiro atoms. The molecule has 0 atom stereocenters. The standard InChI is InChI=1S/C19H22N4O3/c1-26-14-18(24)23-11-9-22(10-12-23)17-8-7-16(13-20-17)21-19(25)15-5-3-2-4-6-15/h2-8,13H,9-12,14H2,1H3,(H,21,25). The van der Waals surface area contributed by atoms with E-state index in [1.165, 1.54) is 7.11 Å². The van der Waals surface area contributed by atoms with Crippen molar-refractivity contribution in [3.63, 3.8) is 0 Å². The number of benzene rings is 1. The number of rotatable bonds is 5. The molecule has 7 heteroatoms. The third-order valence-corrected chi connectivity index (χ3v) is 4.27. The molecule has 2 aromatic rings. The van der Waals surface area contributed by atoms with Gasteiger partial charge in [0.2, 0.25) is 5.91 Å². The lowest BCUT2D eigenvalue weighted by Crippen LogP contribution is -2.49. The van der Waals surface area contributed by atoms with Crippen LogP contribution in [0.5, 0.6) is 0 Å². The Kier molecular flexibility index (Phi) is 5.80. The number of carbonyl (C=O) groups excluding carboxylic acids is 2. The van der Waals surface area contributed by atoms with Gasteiger partial charge < -0.3 is 19.9 Å². The predicted octanol–water partition coefficient (Wildman–Crippen LogP) is 1.63. The van der Waals surface area contributed by atoms with Crippen molar-refractivity contribution < 1.29 is 14.3 Å². The molecule has 1 fully saturated rings. The van der Waals surface area contributed by atoms with Crippen molar-refractivity contribution in [2.45, 2.75) is 0 Å². The summed E-state index contributed by atoms with van der Waals surface area (Å²) in [7, 11) is 1.52. The Labute approximate surface area is 152 Å². The number of piperazine rings is 1. The topological polar surface area (TPSA) is 74.8 Å². The highest BCUT2D eigenvalue weighted by Crippen LogP contribution is 2.17. The normalized spacial score (nSPS) is 14.2. The SMILES string of the molecule is COCC(=O)N1CCN(c2ccc(NC(=O)c3ccccc3)cn2)CC1. The minimum absolute atomic E-state index is 0.0130. The molecule has 1 aliphatic heterocycles. The molecule has 3 rings (SSSR count). The summed E-state index contributed by atoms with van der Waals surface area (Å²) in [6.45, 7) is 2.86. The van der Waals surface area contributed by atoms with Gasteiger partial charge in [-0.25, -0.2) is 4.98 Å². The number of aromatic nitrogens is 1. The van der Waals surface area contributed by atoms with Gasteiger partial charge in [0.1, 0.15) is 12.4 Å². The average molecular weight is 354 g/mol. The summed E-state index contributed by atoms with van der Waals surface area (Å²) in [6.07, 6.45) is 1.65. The first-order valence-corrected chi connectivity index (χ1v) is 8.51. The number of pyridine rings is 1. The zero-order valence-corrected chi connectivity index (χ0v) is 14.7. The maximum atomic E-state index is 12.2. The molecule has 1 aromatic heterocycles. The first-order chi connectivity index (χ1) is 12.7. The quantitative estimate of drug-likeness (QED) is 0.883. The van der Waals surface area contributed by atoms with E-state index in [1.807, 2.05) is 30.3 Å². The zero-order chi connectivity index (χ0) is 18.4. The lowest BCUT2D eigenvalue weighted by atomic mass is 10.2. The van der Waals surface area contributed by atoms with Crippen LogP contribution < -0.4 is 10.2 Å². The van der Waals surface area contributed by atoms with E-state index in [1.54, 1.807) is 23.2 Å². The number of nitrogens with zero attached hydrogens (tertiary/aromatic N) is 3. The van der Waals surface area contributed by atoms with Gasteiger partial charge in [0.25, 0.3) is 5.91 Å². The highest BCUT2D eigenvalue weighted by atomic mass is 16.5. The Morgan fingerprint density at radius 2 is 1.81 bits per heavy atom. The van der Waals surface area contributed by atoms with Gasteiger partial charge in [-0.15, -0.1) is 0 Å². The van der Waals surface area contributed by atoms with Crippen molar-refractivity contribution in [1.82, 2.24) is 9.88 Å². The highest BCUT2D eigenvalue weighted by molar-refractivity contribution is 6.04. The maximum absolute atomic E-state index is 12.2. The molecule has 1 aliphatic rings. The van der Waals surface area contributed by atoms with Crippen LogP contribution in [0.15, 0.2) is 48.7 Å². The second-order valence-electron chi connectivity index (χ2n) is 6.03. The van der Waals surface area contributed by atoms with Crippen LogP contribution in [0.25, 0.3) is 0 Å². The summed E-state index contributed by atoms with van der Waals surface area (Å²) in [6, 6.07) is 12.8. The monoisotopic (exact) mass is 354 g/mol. The Morgan fingerprint density at radius 1 is 1.08 bits per heavy atom. The van der Waals surface area contributed by atoms with Crippen molar-refractivity contribution in [2.75, 3.05) is 50.1 Å². The van der Waals surface area contributed by atoms with Crippen LogP contribution in [0, 0.1) is 0 Å². The van der Waals surface area contributed by atoms with Crippen LogP contribution in [0.1, 0.15) is 10.4 Å². The smallest absolute Gasteiger partial charge is 0.255 e. The predicted molar refractivity (Wildman–Crippen MR) is 99.3 cm³/mol. The van der Waals surface area contributed by atoms with E-state index in [-0.39, 0.29) is 18.4 Å². The van der Waals surface area contributed by atoms with Crippen LogP contribution >= 0.6 is 0 Å². The second kappa shape index (κ2) is 8.44. The van der Waals surface area contributed by atoms with Gasteiger partial charge >= 0.3 is 0 Å². The number of methoxy groups -OCH3 is 1. The third kappa shape index (κ3) is 4.37. The van der Waals surface area contributed by atoms with Gasteiger partial charge in [-0.1, -0.05) is 18.2 Å². The molecule has 0 aliphatic carbocycles. The van der Waals surface area contributed by atoms with Gasteiger partial charge in [0.05, 0.1) is 11.9 Å². The molecule has 1 saturated heterocycles. The van der Waals surface area contributed by atoms with Crippen LogP contribution in [0.4, 0.5) is 11.5 Å². The van der Waals surface area contributed by atoms with Crippen molar-refractivity contribution in [3.8, 4) is 0 Å². The van der Waals surface area contributed by atoms with Crippen molar-refractivity contribution in [3.05, 3.63) is 54.2 Å². The van der Waals surface area contributed by atoms with Crippen molar-refractivity contribution in [2.24, 2.45) is 0 Å². The molecule has 0 saturated carbocycles. The van der Waals surface area contributed by atoms with E-state index in [9.17, 15) is 9.59 Å². The number of nitrogens with one attached hydrogen (secondary N) is 1. The highest BCUT2D eigenvalue weighted by Gasteiger charge is 2.21. The number of anilines is 2. The first-order valence-electron chi connectivity index (χ1n) is 8.51. The Hall–Kier alpha value is -2.93. The van der Waals surface area contributed by atoms with Crippen molar-refractivity contribution >= 4 is 23.3 Å². The number of hydrogen-bond donors (Lipinski definition) is 1. The molecule has 7 nitrogen and oxygen atoms in total. The summed E-state index contributed by atoms with van der Waals surface area (Å²) in [5.74, 6) is 0.686. The first kappa shape index (κ1) is 17.9. The molecule has 0 radical (unpaired) electrons. The summed E-state index contributed by atoms with van der Waals surface area (Å²) < 4.78 is 4.89. The van der Waals surface area contributed by atoms with E-state index < -0.39 is 0 Å². The van der Waals surface area contributed by atoms with Gasteiger partial charge in [0, 0.05) is 38.9 Å². The summed E-state index contributed by atoms with van der Waals surface area (Å²) >= 11 is 0. The minimum atomic E-state index is -0.162. The fourth-order valence-electron chi connectivity index (χ4n) is 2.84. The van der Waals surface area contributed by atoms with E-state index in [4.69, 9.17) is 4.74 Å². The van der Waals surface area contributed by atoms with Gasteiger partial charge in [-0.3, -0.25) is 9.59 Å². The number of carbonyl (C=O) groups is 2. The fraction of sp³-hybridized carbons (Fsp3) is 0.316. The molecule has 136 valence electrons. The van der Waals surface area contributed by atoms with Crippen LogP contribution in [-0.4, -0.2) is 61.6 Å². The number of ether oxygens (including phenoxy) is 1. The molecule has 1 aromatic carbocycles. The van der Waals surface area contributed by atoms with Crippen molar-refractivity contribution in [1.29, 1.82) is 0 Å². The zero-order valence-electron chi connectivity index (χ0n) is 14.7. The van der Waals surface area contributed by atoms with Crippen LogP contribution in [-0.2, 0) is 9.53 Å². The maximum Gasteiger partial charge on any atom is 0.255 e. The lowest BCUT2D eigenvalue weighted by molar-refractivity contribution is -0.135. The molecule has 0 bridgehead atoms. The molecule has 26 heavy (non-hydrogen) atoms. The molecule has 2 heterocycles. The molecule has 0 unspecified atom stereocenters. The van der Waals surface area contributed by atoms with Gasteiger partial charge in [-0.2, -0.15) is 0 Å². The van der Waals surface area contributed by atoms with Crippen LogP contribution in [0.2, 0.25) is 0 Å². The van der Waals surface area contributed by atoms with Gasteiger partial charge in [0.15, 0.2) is 0 Å². The van der Waals surface area contributed by atoms with E-state index in [2.05, 4.69) is 15.2 Å². The number of hydrogen-bond acceptors (Lipinski definition) is 5. The Morgan fingerprint density at radius 3 is 2.42 bits per heavy atom. The molecular weight excluding hydrogens is 332 g/mol. The second-order valence-corrected chi connectivity index (χ2v) is 6.03. The van der Waals surface area contributed by atoms with E-state index >= 15 is 0 Å². The third-order valence-electron chi connectivity index (χ3n) is 4.27. The summed E-state index contributed by atoms with van der Waals surface area (Å²) in [4.78, 5) is 32.4. The van der Waals surface area contributed by atoms with Crippen LogP contribution in [0.3, 0.4) is 0 Å². The summed E-state index contributed by atoms with van der Waals surface area (Å²) in [5.41, 5.74) is 1.25. The summed E-state index contributed by atoms with van der Waals surface area (Å²) in [5, 5.41) is 2.84. The minimum Gasteiger partial charge on any atom is -0.375 e. The average Bonchev–Trinajstić information content (AvgIpc) is 2.69. The fourth-order valence-corrected chi connectivity index (χ4v) is 2.84. The number of amides is 2. The molecule has 1 N–H and O–H groups in total. The van der Waals surface area contributed by atoms with E-state index in [0.717, 1.165) is 18.9 Å². The van der Waals surface area contributed by atoms with Gasteiger partial charge in [-0.05, 0) is 24.3 Å². The Balaban J connectivity index is 1.55. The molecule has 2 amide bonds. The lowest BCUT2D eigenvalue weighted by Gasteiger charge is -2.35. The largest absolute Gasteiger partial charge is 0.375 e. The Bertz CT molecular complexity index is 741. The molecular formula is C19H22N4O3. The van der Waals surface area contributed by atoms with E-state index in [0.29, 0.717) is 24.3 Å².